The SMILES string of the molecule is COC(CNc1c(C)cccc1C#N)CC(=O)O. The number of anilines is 1. The van der Waals surface area contributed by atoms with Crippen molar-refractivity contribution in [2.75, 3.05) is 19.0 Å². The van der Waals surface area contributed by atoms with Crippen molar-refractivity contribution in [1.29, 1.82) is 5.26 Å². The van der Waals surface area contributed by atoms with Crippen LogP contribution in [0.15, 0.2) is 18.2 Å². The summed E-state index contributed by atoms with van der Waals surface area (Å²) in [5.74, 6) is -0.908. The summed E-state index contributed by atoms with van der Waals surface area (Å²) in [6, 6.07) is 7.52. The highest BCUT2D eigenvalue weighted by molar-refractivity contribution is 5.67. The lowest BCUT2D eigenvalue weighted by Crippen LogP contribution is -2.25. The number of carboxylic acid groups (broad SMARTS) is 1. The van der Waals surface area contributed by atoms with Gasteiger partial charge in [0.25, 0.3) is 0 Å². The molecule has 0 aliphatic heterocycles. The highest BCUT2D eigenvalue weighted by Crippen LogP contribution is 2.19. The van der Waals surface area contributed by atoms with Crippen molar-refractivity contribution in [3.63, 3.8) is 0 Å². The minimum Gasteiger partial charge on any atom is -0.481 e. The summed E-state index contributed by atoms with van der Waals surface area (Å²) in [7, 11) is 1.47. The van der Waals surface area contributed by atoms with Gasteiger partial charge in [-0.25, -0.2) is 0 Å². The molecule has 0 saturated carbocycles. The Bertz CT molecular complexity index is 466. The molecule has 0 bridgehead atoms. The van der Waals surface area contributed by atoms with E-state index in [0.717, 1.165) is 11.3 Å². The molecule has 0 aliphatic carbocycles. The van der Waals surface area contributed by atoms with Gasteiger partial charge in [0.1, 0.15) is 6.07 Å². The quantitative estimate of drug-likeness (QED) is 0.801. The van der Waals surface area contributed by atoms with Gasteiger partial charge in [0, 0.05) is 13.7 Å². The van der Waals surface area contributed by atoms with Crippen LogP contribution in [-0.2, 0) is 9.53 Å². The van der Waals surface area contributed by atoms with Crippen molar-refractivity contribution in [3.8, 4) is 6.07 Å². The molecule has 1 unspecified atom stereocenters. The third kappa shape index (κ3) is 3.75. The van der Waals surface area contributed by atoms with Crippen LogP contribution >= 0.6 is 0 Å². The van der Waals surface area contributed by atoms with Crippen LogP contribution in [-0.4, -0.2) is 30.8 Å². The molecular formula is C13H16N2O3. The number of carbonyl (C=O) groups is 1. The normalized spacial score (nSPS) is 11.6. The van der Waals surface area contributed by atoms with Gasteiger partial charge in [-0.3, -0.25) is 4.79 Å². The van der Waals surface area contributed by atoms with Gasteiger partial charge in [-0.05, 0) is 18.6 Å². The molecule has 0 fully saturated rings. The topological polar surface area (TPSA) is 82.3 Å². The van der Waals surface area contributed by atoms with Crippen molar-refractivity contribution in [1.82, 2.24) is 0 Å². The Morgan fingerprint density at radius 2 is 2.33 bits per heavy atom. The second-order valence-electron chi connectivity index (χ2n) is 3.95. The van der Waals surface area contributed by atoms with Crippen LogP contribution in [0.3, 0.4) is 0 Å². The van der Waals surface area contributed by atoms with E-state index >= 15 is 0 Å². The summed E-state index contributed by atoms with van der Waals surface area (Å²) in [5.41, 5.74) is 2.21. The second kappa shape index (κ2) is 6.62. The van der Waals surface area contributed by atoms with Gasteiger partial charge < -0.3 is 15.2 Å². The summed E-state index contributed by atoms with van der Waals surface area (Å²) in [6.07, 6.45) is -0.495. The number of hydrogen-bond acceptors (Lipinski definition) is 4. The highest BCUT2D eigenvalue weighted by atomic mass is 16.5. The Kier molecular flexibility index (Phi) is 5.15. The molecule has 1 aromatic carbocycles. The molecular weight excluding hydrogens is 232 g/mol. The molecule has 5 heteroatoms. The minimum atomic E-state index is -0.908. The number of nitrogens with zero attached hydrogens (tertiary/aromatic N) is 1. The molecule has 5 nitrogen and oxygen atoms in total. The lowest BCUT2D eigenvalue weighted by molar-refractivity contribution is -0.139. The van der Waals surface area contributed by atoms with E-state index in [4.69, 9.17) is 15.1 Å². The van der Waals surface area contributed by atoms with Crippen LogP contribution in [0.1, 0.15) is 17.5 Å². The number of benzene rings is 1. The Labute approximate surface area is 106 Å². The third-order valence-corrected chi connectivity index (χ3v) is 2.64. The molecule has 0 heterocycles. The largest absolute Gasteiger partial charge is 0.481 e. The minimum absolute atomic E-state index is 0.0722. The molecule has 18 heavy (non-hydrogen) atoms. The van der Waals surface area contributed by atoms with E-state index in [1.165, 1.54) is 7.11 Å². The fraction of sp³-hybridized carbons (Fsp3) is 0.385. The molecule has 0 radical (unpaired) electrons. The second-order valence-corrected chi connectivity index (χ2v) is 3.95. The number of carboxylic acids is 1. The van der Waals surface area contributed by atoms with E-state index in [9.17, 15) is 4.79 Å². The Morgan fingerprint density at radius 1 is 1.61 bits per heavy atom. The lowest BCUT2D eigenvalue weighted by atomic mass is 10.1. The van der Waals surface area contributed by atoms with E-state index in [1.54, 1.807) is 6.07 Å². The molecule has 2 N–H and O–H groups in total. The van der Waals surface area contributed by atoms with Crippen LogP contribution in [0.5, 0.6) is 0 Å². The number of methoxy groups -OCH3 is 1. The summed E-state index contributed by atoms with van der Waals surface area (Å²) >= 11 is 0. The van der Waals surface area contributed by atoms with Gasteiger partial charge in [0.2, 0.25) is 0 Å². The summed E-state index contributed by atoms with van der Waals surface area (Å²) < 4.78 is 5.07. The highest BCUT2D eigenvalue weighted by Gasteiger charge is 2.13. The predicted octanol–water partition coefficient (Wildman–Crippen LogP) is 1.77. The molecule has 0 aliphatic rings. The van der Waals surface area contributed by atoms with Crippen molar-refractivity contribution in [3.05, 3.63) is 29.3 Å². The summed E-state index contributed by atoms with van der Waals surface area (Å²) in [4.78, 5) is 10.6. The molecule has 0 amide bonds. The number of aliphatic carboxylic acids is 1. The van der Waals surface area contributed by atoms with Gasteiger partial charge in [-0.15, -0.1) is 0 Å². The molecule has 1 atom stereocenters. The van der Waals surface area contributed by atoms with Gasteiger partial charge in [-0.1, -0.05) is 12.1 Å². The van der Waals surface area contributed by atoms with Crippen molar-refractivity contribution in [2.45, 2.75) is 19.4 Å². The Hall–Kier alpha value is -2.06. The number of rotatable bonds is 6. The van der Waals surface area contributed by atoms with Gasteiger partial charge >= 0.3 is 5.97 Å². The molecule has 0 saturated heterocycles. The van der Waals surface area contributed by atoms with E-state index in [2.05, 4.69) is 11.4 Å². The molecule has 0 aromatic heterocycles. The zero-order valence-corrected chi connectivity index (χ0v) is 10.4. The maximum Gasteiger partial charge on any atom is 0.306 e. The molecule has 96 valence electrons. The maximum atomic E-state index is 10.6. The first kappa shape index (κ1) is 14.0. The zero-order valence-electron chi connectivity index (χ0n) is 10.4. The number of hydrogen-bond donors (Lipinski definition) is 2. The van der Waals surface area contributed by atoms with Crippen LogP contribution in [0.2, 0.25) is 0 Å². The molecule has 1 rings (SSSR count). The fourth-order valence-corrected chi connectivity index (χ4v) is 1.65. The standard InChI is InChI=1S/C13H16N2O3/c1-9-4-3-5-10(7-14)13(9)15-8-11(18-2)6-12(16)17/h3-5,11,15H,6,8H2,1-2H3,(H,16,17). The average Bonchev–Trinajstić information content (AvgIpc) is 2.34. The van der Waals surface area contributed by atoms with Gasteiger partial charge in [0.05, 0.1) is 23.8 Å². The Balaban J connectivity index is 2.73. The van der Waals surface area contributed by atoms with E-state index < -0.39 is 12.1 Å². The predicted molar refractivity (Wildman–Crippen MR) is 67.4 cm³/mol. The third-order valence-electron chi connectivity index (χ3n) is 2.64. The number of nitriles is 1. The van der Waals surface area contributed by atoms with Crippen molar-refractivity contribution >= 4 is 11.7 Å². The van der Waals surface area contributed by atoms with E-state index in [1.807, 2.05) is 19.1 Å². The first-order valence-corrected chi connectivity index (χ1v) is 5.56. The van der Waals surface area contributed by atoms with E-state index in [0.29, 0.717) is 12.1 Å². The fourth-order valence-electron chi connectivity index (χ4n) is 1.65. The molecule has 0 spiro atoms. The van der Waals surface area contributed by atoms with E-state index in [-0.39, 0.29) is 6.42 Å². The zero-order chi connectivity index (χ0) is 13.5. The first-order valence-electron chi connectivity index (χ1n) is 5.56. The van der Waals surface area contributed by atoms with Crippen molar-refractivity contribution < 1.29 is 14.6 Å². The maximum absolute atomic E-state index is 10.6. The number of aryl methyl sites for hydroxylation is 1. The van der Waals surface area contributed by atoms with Crippen LogP contribution in [0, 0.1) is 18.3 Å². The Morgan fingerprint density at radius 3 is 2.89 bits per heavy atom. The number of ether oxygens (including phenoxy) is 1. The lowest BCUT2D eigenvalue weighted by Gasteiger charge is -2.16. The van der Waals surface area contributed by atoms with Crippen LogP contribution < -0.4 is 5.32 Å². The van der Waals surface area contributed by atoms with Gasteiger partial charge in [-0.2, -0.15) is 5.26 Å². The smallest absolute Gasteiger partial charge is 0.306 e. The summed E-state index contributed by atoms with van der Waals surface area (Å²) in [6.45, 7) is 2.24. The van der Waals surface area contributed by atoms with Gasteiger partial charge in [0.15, 0.2) is 0 Å². The monoisotopic (exact) mass is 248 g/mol. The van der Waals surface area contributed by atoms with Crippen molar-refractivity contribution in [2.24, 2.45) is 0 Å². The molecule has 1 aromatic rings. The van der Waals surface area contributed by atoms with Crippen LogP contribution in [0.25, 0.3) is 0 Å². The number of nitrogens with one attached hydrogen (secondary N) is 1. The summed E-state index contributed by atoms with van der Waals surface area (Å²) in [5, 5.41) is 20.8. The first-order chi connectivity index (χ1) is 8.58. The average molecular weight is 248 g/mol. The van der Waals surface area contributed by atoms with Crippen LogP contribution in [0.4, 0.5) is 5.69 Å². The number of para-hydroxylation sites is 1.